The van der Waals surface area contributed by atoms with Crippen LogP contribution >= 0.6 is 11.6 Å². The van der Waals surface area contributed by atoms with E-state index in [0.717, 1.165) is 0 Å². The Balaban J connectivity index is 1.90. The largest absolute Gasteiger partial charge is 0.391 e. The van der Waals surface area contributed by atoms with Gasteiger partial charge in [0.1, 0.15) is 5.82 Å². The van der Waals surface area contributed by atoms with E-state index in [1.807, 2.05) is 0 Å². The van der Waals surface area contributed by atoms with Gasteiger partial charge in [-0.25, -0.2) is 4.39 Å². The minimum absolute atomic E-state index is 0.0682. The van der Waals surface area contributed by atoms with Gasteiger partial charge in [-0.15, -0.1) is 0 Å². The number of nitrogens with one attached hydrogen (secondary N) is 1. The summed E-state index contributed by atoms with van der Waals surface area (Å²) in [7, 11) is 0. The van der Waals surface area contributed by atoms with Crippen molar-refractivity contribution < 1.29 is 17.6 Å². The Morgan fingerprint density at radius 2 is 2.00 bits per heavy atom. The van der Waals surface area contributed by atoms with Crippen LogP contribution < -0.4 is 5.32 Å². The highest BCUT2D eigenvalue weighted by molar-refractivity contribution is 6.30. The molecule has 1 fully saturated rings. The molecular formula is C14H16ClF4N. The molecule has 0 aliphatic heterocycles. The average Bonchev–Trinajstić information content (AvgIpc) is 2.37. The zero-order valence-corrected chi connectivity index (χ0v) is 11.6. The van der Waals surface area contributed by atoms with E-state index in [-0.39, 0.29) is 25.4 Å². The Kier molecular flexibility index (Phi) is 4.91. The minimum Gasteiger partial charge on any atom is -0.310 e. The standard InChI is InChI=1S/C14H16ClF4N/c15-11-5-4-9(13(16)7-11)8-20-12-3-1-2-10(6-12)14(17,18)19/h4-5,7,10,12,20H,1-3,6,8H2. The zero-order chi connectivity index (χ0) is 14.8. The van der Waals surface area contributed by atoms with Gasteiger partial charge < -0.3 is 5.32 Å². The molecule has 0 heterocycles. The molecule has 0 aromatic heterocycles. The molecule has 1 aliphatic carbocycles. The molecule has 1 N–H and O–H groups in total. The van der Waals surface area contributed by atoms with Crippen LogP contribution in [0, 0.1) is 11.7 Å². The summed E-state index contributed by atoms with van der Waals surface area (Å²) in [5.74, 6) is -1.68. The summed E-state index contributed by atoms with van der Waals surface area (Å²) in [6.45, 7) is 0.220. The molecule has 0 amide bonds. The Hall–Kier alpha value is -0.810. The lowest BCUT2D eigenvalue weighted by molar-refractivity contribution is -0.183. The zero-order valence-electron chi connectivity index (χ0n) is 10.8. The van der Waals surface area contributed by atoms with Crippen LogP contribution in [0.4, 0.5) is 17.6 Å². The molecule has 6 heteroatoms. The van der Waals surface area contributed by atoms with Gasteiger partial charge >= 0.3 is 6.18 Å². The number of benzene rings is 1. The highest BCUT2D eigenvalue weighted by Gasteiger charge is 2.41. The summed E-state index contributed by atoms with van der Waals surface area (Å²) in [6, 6.07) is 4.11. The first-order chi connectivity index (χ1) is 9.36. The van der Waals surface area contributed by atoms with E-state index < -0.39 is 17.9 Å². The van der Waals surface area contributed by atoms with Crippen molar-refractivity contribution >= 4 is 11.6 Å². The summed E-state index contributed by atoms with van der Waals surface area (Å²) in [6.07, 6.45) is -2.63. The van der Waals surface area contributed by atoms with Gasteiger partial charge in [-0.2, -0.15) is 13.2 Å². The maximum Gasteiger partial charge on any atom is 0.391 e. The second-order valence-electron chi connectivity index (χ2n) is 5.22. The first-order valence-electron chi connectivity index (χ1n) is 6.60. The van der Waals surface area contributed by atoms with Gasteiger partial charge in [0.05, 0.1) is 5.92 Å². The van der Waals surface area contributed by atoms with Crippen molar-refractivity contribution in [3.05, 3.63) is 34.6 Å². The highest BCUT2D eigenvalue weighted by atomic mass is 35.5. The van der Waals surface area contributed by atoms with Gasteiger partial charge in [-0.3, -0.25) is 0 Å². The number of rotatable bonds is 3. The molecule has 1 aromatic rings. The van der Waals surface area contributed by atoms with Crippen molar-refractivity contribution in [1.29, 1.82) is 0 Å². The first kappa shape index (κ1) is 15.6. The fraction of sp³-hybridized carbons (Fsp3) is 0.571. The third-order valence-corrected chi connectivity index (χ3v) is 3.97. The fourth-order valence-corrected chi connectivity index (χ4v) is 2.75. The van der Waals surface area contributed by atoms with Crippen LogP contribution in [0.25, 0.3) is 0 Å². The molecule has 0 saturated heterocycles. The van der Waals surface area contributed by atoms with Crippen LogP contribution in [-0.2, 0) is 6.54 Å². The molecule has 112 valence electrons. The third-order valence-electron chi connectivity index (χ3n) is 3.73. The van der Waals surface area contributed by atoms with Crippen LogP contribution in [0.1, 0.15) is 31.2 Å². The lowest BCUT2D eigenvalue weighted by atomic mass is 9.85. The molecule has 0 radical (unpaired) electrons. The Morgan fingerprint density at radius 3 is 2.65 bits per heavy atom. The molecular weight excluding hydrogens is 294 g/mol. The smallest absolute Gasteiger partial charge is 0.310 e. The van der Waals surface area contributed by atoms with Crippen molar-refractivity contribution in [3.8, 4) is 0 Å². The van der Waals surface area contributed by atoms with Gasteiger partial charge in [0, 0.05) is 23.2 Å². The minimum atomic E-state index is -4.13. The summed E-state index contributed by atoms with van der Waals surface area (Å²) < 4.78 is 51.6. The lowest BCUT2D eigenvalue weighted by Crippen LogP contribution is -2.38. The monoisotopic (exact) mass is 309 g/mol. The molecule has 1 nitrogen and oxygen atoms in total. The van der Waals surface area contributed by atoms with Gasteiger partial charge in [-0.1, -0.05) is 24.1 Å². The van der Waals surface area contributed by atoms with E-state index in [1.54, 1.807) is 12.1 Å². The molecule has 0 spiro atoms. The van der Waals surface area contributed by atoms with Gasteiger partial charge in [0.2, 0.25) is 0 Å². The highest BCUT2D eigenvalue weighted by Crippen LogP contribution is 2.37. The molecule has 2 atom stereocenters. The van der Waals surface area contributed by atoms with E-state index in [9.17, 15) is 17.6 Å². The molecule has 2 rings (SSSR count). The van der Waals surface area contributed by atoms with Gasteiger partial charge in [0.25, 0.3) is 0 Å². The third kappa shape index (κ3) is 4.09. The van der Waals surface area contributed by atoms with E-state index >= 15 is 0 Å². The van der Waals surface area contributed by atoms with Crippen molar-refractivity contribution in [2.45, 2.75) is 44.4 Å². The second-order valence-corrected chi connectivity index (χ2v) is 5.66. The summed E-state index contributed by atoms with van der Waals surface area (Å²) in [4.78, 5) is 0. The van der Waals surface area contributed by atoms with Gasteiger partial charge in [0.15, 0.2) is 0 Å². The number of hydrogen-bond acceptors (Lipinski definition) is 1. The number of hydrogen-bond donors (Lipinski definition) is 1. The summed E-state index contributed by atoms with van der Waals surface area (Å²) >= 11 is 5.65. The van der Waals surface area contributed by atoms with Crippen LogP contribution in [0.3, 0.4) is 0 Å². The fourth-order valence-electron chi connectivity index (χ4n) is 2.59. The second kappa shape index (κ2) is 6.31. The number of alkyl halides is 3. The molecule has 0 bridgehead atoms. The van der Waals surface area contributed by atoms with Crippen molar-refractivity contribution in [1.82, 2.24) is 5.32 Å². The molecule has 1 aromatic carbocycles. The molecule has 1 saturated carbocycles. The van der Waals surface area contributed by atoms with Crippen LogP contribution in [0.15, 0.2) is 18.2 Å². The van der Waals surface area contributed by atoms with Crippen LogP contribution in [0.2, 0.25) is 5.02 Å². The maximum absolute atomic E-state index is 13.6. The quantitative estimate of drug-likeness (QED) is 0.799. The maximum atomic E-state index is 13.6. The molecule has 1 aliphatic rings. The topological polar surface area (TPSA) is 12.0 Å². The molecule has 2 unspecified atom stereocenters. The SMILES string of the molecule is Fc1cc(Cl)ccc1CNC1CCCC(C(F)(F)F)C1. The van der Waals surface area contributed by atoms with Gasteiger partial charge in [-0.05, 0) is 31.4 Å². The molecule has 20 heavy (non-hydrogen) atoms. The predicted octanol–water partition coefficient (Wildman–Crippen LogP) is 4.69. The van der Waals surface area contributed by atoms with E-state index in [1.165, 1.54) is 6.07 Å². The van der Waals surface area contributed by atoms with E-state index in [2.05, 4.69) is 5.32 Å². The Morgan fingerprint density at radius 1 is 1.25 bits per heavy atom. The van der Waals surface area contributed by atoms with E-state index in [0.29, 0.717) is 23.4 Å². The van der Waals surface area contributed by atoms with Crippen molar-refractivity contribution in [3.63, 3.8) is 0 Å². The summed E-state index contributed by atoms with van der Waals surface area (Å²) in [5.41, 5.74) is 0.420. The van der Waals surface area contributed by atoms with Crippen molar-refractivity contribution in [2.24, 2.45) is 5.92 Å². The predicted molar refractivity (Wildman–Crippen MR) is 70.1 cm³/mol. The number of halogens is 5. The average molecular weight is 310 g/mol. The van der Waals surface area contributed by atoms with Crippen LogP contribution in [0.5, 0.6) is 0 Å². The first-order valence-corrected chi connectivity index (χ1v) is 6.98. The normalized spacial score (nSPS) is 23.9. The lowest BCUT2D eigenvalue weighted by Gasteiger charge is -2.31. The Labute approximate surface area is 120 Å². The van der Waals surface area contributed by atoms with Crippen LogP contribution in [-0.4, -0.2) is 12.2 Å². The Bertz CT molecular complexity index is 461. The summed E-state index contributed by atoms with van der Waals surface area (Å²) in [5, 5.41) is 3.32. The van der Waals surface area contributed by atoms with E-state index in [4.69, 9.17) is 11.6 Å². The van der Waals surface area contributed by atoms with Crippen molar-refractivity contribution in [2.75, 3.05) is 0 Å².